The highest BCUT2D eigenvalue weighted by Gasteiger charge is 2.42. The minimum absolute atomic E-state index is 0.0443. The molecule has 0 radical (unpaired) electrons. The summed E-state index contributed by atoms with van der Waals surface area (Å²) in [5.41, 5.74) is 0.596. The van der Waals surface area contributed by atoms with Gasteiger partial charge in [-0.05, 0) is 31.2 Å². The number of carbonyl (C=O) groups is 3. The molecule has 9 nitrogen and oxygen atoms in total. The average Bonchev–Trinajstić information content (AvgIpc) is 3.08. The second-order valence-electron chi connectivity index (χ2n) is 7.54. The number of rotatable bonds is 4. The maximum atomic E-state index is 13.0. The van der Waals surface area contributed by atoms with E-state index in [1.807, 2.05) is 6.07 Å². The van der Waals surface area contributed by atoms with Crippen molar-refractivity contribution in [3.05, 3.63) is 65.2 Å². The van der Waals surface area contributed by atoms with Crippen molar-refractivity contribution in [2.24, 2.45) is 0 Å². The summed E-state index contributed by atoms with van der Waals surface area (Å²) < 4.78 is 27.2. The van der Waals surface area contributed by atoms with Crippen LogP contribution in [0.5, 0.6) is 0 Å². The van der Waals surface area contributed by atoms with Gasteiger partial charge in [0.1, 0.15) is 12.1 Å². The summed E-state index contributed by atoms with van der Waals surface area (Å²) in [7, 11) is -3.89. The van der Waals surface area contributed by atoms with Crippen LogP contribution in [0, 0.1) is 11.3 Å². The number of fused-ring (bicyclic) bond motifs is 1. The molecule has 1 saturated heterocycles. The number of carbonyl (C=O) groups excluding carboxylic acids is 3. The van der Waals surface area contributed by atoms with E-state index >= 15 is 0 Å². The van der Waals surface area contributed by atoms with Crippen LogP contribution in [0.15, 0.2) is 53.4 Å². The highest BCUT2D eigenvalue weighted by molar-refractivity contribution is 7.89. The van der Waals surface area contributed by atoms with Gasteiger partial charge in [0.2, 0.25) is 15.9 Å². The van der Waals surface area contributed by atoms with Gasteiger partial charge in [0.25, 0.3) is 11.8 Å². The predicted octanol–water partition coefficient (Wildman–Crippen LogP) is 1.08. The molecule has 0 bridgehead atoms. The highest BCUT2D eigenvalue weighted by Crippen LogP contribution is 2.26. The van der Waals surface area contributed by atoms with E-state index in [2.05, 4.69) is 0 Å². The van der Waals surface area contributed by atoms with E-state index in [0.717, 1.165) is 4.90 Å². The van der Waals surface area contributed by atoms with E-state index in [4.69, 9.17) is 0 Å². The number of piperazine rings is 1. The van der Waals surface area contributed by atoms with Crippen molar-refractivity contribution < 1.29 is 22.8 Å². The molecule has 2 aromatic rings. The molecule has 0 saturated carbocycles. The van der Waals surface area contributed by atoms with Crippen molar-refractivity contribution in [1.29, 1.82) is 5.26 Å². The first-order chi connectivity index (χ1) is 15.3. The predicted molar refractivity (Wildman–Crippen MR) is 113 cm³/mol. The van der Waals surface area contributed by atoms with Crippen LogP contribution >= 0.6 is 0 Å². The second kappa shape index (κ2) is 8.18. The Hall–Kier alpha value is -3.55. The zero-order chi connectivity index (χ0) is 23.0. The molecule has 1 unspecified atom stereocenters. The van der Waals surface area contributed by atoms with E-state index in [9.17, 15) is 28.1 Å². The standard InChI is InChI=1S/C22H20N4O5S/c1-15(26-21(28)17-7-3-4-8-18(17)22(26)29)20(27)24-10-12-25(13-11-24)32(30,31)19-9-5-2-6-16(19)14-23/h2-9,15H,10-13H2,1H3. The number of imide groups is 1. The summed E-state index contributed by atoms with van der Waals surface area (Å²) in [5.74, 6) is -1.45. The van der Waals surface area contributed by atoms with Crippen LogP contribution in [-0.2, 0) is 14.8 Å². The topological polar surface area (TPSA) is 119 Å². The second-order valence-corrected chi connectivity index (χ2v) is 9.45. The molecule has 1 fully saturated rings. The third-order valence-corrected chi connectivity index (χ3v) is 7.70. The Bertz CT molecular complexity index is 1220. The van der Waals surface area contributed by atoms with E-state index in [0.29, 0.717) is 0 Å². The van der Waals surface area contributed by atoms with Crippen molar-refractivity contribution in [1.82, 2.24) is 14.1 Å². The number of hydrogen-bond acceptors (Lipinski definition) is 6. The molecular weight excluding hydrogens is 432 g/mol. The van der Waals surface area contributed by atoms with Crippen LogP contribution in [0.4, 0.5) is 0 Å². The van der Waals surface area contributed by atoms with Crippen molar-refractivity contribution in [3.63, 3.8) is 0 Å². The lowest BCUT2D eigenvalue weighted by atomic mass is 10.1. The molecule has 32 heavy (non-hydrogen) atoms. The van der Waals surface area contributed by atoms with Gasteiger partial charge < -0.3 is 4.90 Å². The Kier molecular flexibility index (Phi) is 5.54. The fraction of sp³-hybridized carbons (Fsp3) is 0.273. The van der Waals surface area contributed by atoms with Crippen LogP contribution in [0.2, 0.25) is 0 Å². The summed E-state index contributed by atoms with van der Waals surface area (Å²) in [6.07, 6.45) is 0. The molecule has 2 aliphatic rings. The molecule has 2 heterocycles. The third-order valence-electron chi connectivity index (χ3n) is 5.75. The smallest absolute Gasteiger partial charge is 0.262 e. The van der Waals surface area contributed by atoms with Gasteiger partial charge in [-0.15, -0.1) is 0 Å². The molecule has 0 spiro atoms. The van der Waals surface area contributed by atoms with E-state index < -0.39 is 33.8 Å². The number of hydrogen-bond donors (Lipinski definition) is 0. The summed E-state index contributed by atoms with van der Waals surface area (Å²) in [6, 6.07) is 13.3. The van der Waals surface area contributed by atoms with Crippen molar-refractivity contribution in [2.45, 2.75) is 17.9 Å². The Morgan fingerprint density at radius 2 is 1.47 bits per heavy atom. The number of nitrogens with zero attached hydrogens (tertiary/aromatic N) is 4. The zero-order valence-corrected chi connectivity index (χ0v) is 18.1. The Balaban J connectivity index is 1.46. The van der Waals surface area contributed by atoms with Gasteiger partial charge in [-0.1, -0.05) is 24.3 Å². The number of sulfonamides is 1. The van der Waals surface area contributed by atoms with Crippen LogP contribution in [0.25, 0.3) is 0 Å². The number of nitriles is 1. The van der Waals surface area contributed by atoms with Gasteiger partial charge >= 0.3 is 0 Å². The molecular formula is C22H20N4O5S. The molecule has 3 amide bonds. The Morgan fingerprint density at radius 3 is 2.03 bits per heavy atom. The maximum Gasteiger partial charge on any atom is 0.262 e. The zero-order valence-electron chi connectivity index (χ0n) is 17.3. The molecule has 0 N–H and O–H groups in total. The van der Waals surface area contributed by atoms with Crippen LogP contribution in [0.1, 0.15) is 33.2 Å². The van der Waals surface area contributed by atoms with Gasteiger partial charge in [-0.25, -0.2) is 8.42 Å². The van der Waals surface area contributed by atoms with Crippen LogP contribution in [-0.4, -0.2) is 72.5 Å². The SMILES string of the molecule is CC(C(=O)N1CCN(S(=O)(=O)c2ccccc2C#N)CC1)N1C(=O)c2ccccc2C1=O. The lowest BCUT2D eigenvalue weighted by molar-refractivity contribution is -0.136. The number of amides is 3. The van der Waals surface area contributed by atoms with Gasteiger partial charge in [0.05, 0.1) is 21.6 Å². The first kappa shape index (κ1) is 21.7. The first-order valence-electron chi connectivity index (χ1n) is 10.0. The van der Waals surface area contributed by atoms with Crippen molar-refractivity contribution >= 4 is 27.7 Å². The molecule has 164 valence electrons. The molecule has 0 aromatic heterocycles. The quantitative estimate of drug-likeness (QED) is 0.641. The lowest BCUT2D eigenvalue weighted by Crippen LogP contribution is -2.56. The molecule has 1 atom stereocenters. The molecule has 0 aliphatic carbocycles. The van der Waals surface area contributed by atoms with Crippen LogP contribution < -0.4 is 0 Å². The summed E-state index contributed by atoms with van der Waals surface area (Å²) >= 11 is 0. The van der Waals surface area contributed by atoms with Crippen LogP contribution in [0.3, 0.4) is 0 Å². The number of benzene rings is 2. The summed E-state index contributed by atoms with van der Waals surface area (Å²) in [4.78, 5) is 40.7. The van der Waals surface area contributed by atoms with E-state index in [-0.39, 0.29) is 47.8 Å². The Labute approximate surface area is 185 Å². The fourth-order valence-corrected chi connectivity index (χ4v) is 5.57. The van der Waals surface area contributed by atoms with Gasteiger partial charge in [-0.3, -0.25) is 19.3 Å². The molecule has 10 heteroatoms. The van der Waals surface area contributed by atoms with Gasteiger partial charge in [0.15, 0.2) is 0 Å². The minimum Gasteiger partial charge on any atom is -0.338 e. The van der Waals surface area contributed by atoms with E-state index in [1.165, 1.54) is 28.3 Å². The maximum absolute atomic E-state index is 13.0. The first-order valence-corrected chi connectivity index (χ1v) is 11.5. The van der Waals surface area contributed by atoms with Gasteiger partial charge in [-0.2, -0.15) is 9.57 Å². The van der Waals surface area contributed by atoms with Crippen molar-refractivity contribution in [3.8, 4) is 6.07 Å². The normalized spacial score (nSPS) is 17.8. The third kappa shape index (κ3) is 3.45. The average molecular weight is 452 g/mol. The van der Waals surface area contributed by atoms with Crippen molar-refractivity contribution in [2.75, 3.05) is 26.2 Å². The molecule has 2 aliphatic heterocycles. The highest BCUT2D eigenvalue weighted by atomic mass is 32.2. The van der Waals surface area contributed by atoms with E-state index in [1.54, 1.807) is 36.4 Å². The van der Waals surface area contributed by atoms with Gasteiger partial charge in [0, 0.05) is 26.2 Å². The molecule has 2 aromatic carbocycles. The Morgan fingerprint density at radius 1 is 0.938 bits per heavy atom. The minimum atomic E-state index is -3.89. The fourth-order valence-electron chi connectivity index (χ4n) is 4.01. The molecule has 4 rings (SSSR count). The monoisotopic (exact) mass is 452 g/mol. The summed E-state index contributed by atoms with van der Waals surface area (Å²) in [5, 5.41) is 9.22. The summed E-state index contributed by atoms with van der Waals surface area (Å²) in [6.45, 7) is 1.81. The lowest BCUT2D eigenvalue weighted by Gasteiger charge is -2.36. The largest absolute Gasteiger partial charge is 0.338 e.